The highest BCUT2D eigenvalue weighted by Crippen LogP contribution is 2.38. The molecule has 2 aliphatic carbocycles. The predicted molar refractivity (Wildman–Crippen MR) is 106 cm³/mol. The highest BCUT2D eigenvalue weighted by Gasteiger charge is 2.26. The second kappa shape index (κ2) is 7.05. The molecule has 0 saturated heterocycles. The van der Waals surface area contributed by atoms with Gasteiger partial charge >= 0.3 is 6.03 Å². The summed E-state index contributed by atoms with van der Waals surface area (Å²) in [5.74, 6) is -0.239. The number of hydrogen-bond acceptors (Lipinski definition) is 4. The number of carbonyl (C=O) groups excluding carboxylic acids is 2. The Hall–Kier alpha value is -2.67. The van der Waals surface area contributed by atoms with Crippen LogP contribution >= 0.6 is 0 Å². The SMILES string of the molecule is CC(=O)c1cccc(S(=O)(=O)NC(=O)Nc2c3c(cc4c2CCC4)CCC3)c1. The topological polar surface area (TPSA) is 92.3 Å². The van der Waals surface area contributed by atoms with Crippen LogP contribution in [0.2, 0.25) is 0 Å². The summed E-state index contributed by atoms with van der Waals surface area (Å²) >= 11 is 0. The van der Waals surface area contributed by atoms with Crippen LogP contribution in [0.5, 0.6) is 0 Å². The third-order valence-corrected chi connectivity index (χ3v) is 6.82. The number of carbonyl (C=O) groups is 2. The van der Waals surface area contributed by atoms with Crippen LogP contribution < -0.4 is 10.0 Å². The first-order valence-corrected chi connectivity index (χ1v) is 10.9. The summed E-state index contributed by atoms with van der Waals surface area (Å²) in [6.45, 7) is 1.36. The Morgan fingerprint density at radius 2 is 1.57 bits per heavy atom. The minimum Gasteiger partial charge on any atom is -0.307 e. The summed E-state index contributed by atoms with van der Waals surface area (Å²) in [6, 6.07) is 7.13. The van der Waals surface area contributed by atoms with Crippen molar-refractivity contribution in [3.8, 4) is 0 Å². The van der Waals surface area contributed by atoms with Crippen LogP contribution in [0.3, 0.4) is 0 Å². The normalized spacial score (nSPS) is 15.0. The number of fused-ring (bicyclic) bond motifs is 2. The zero-order valence-corrected chi connectivity index (χ0v) is 16.5. The zero-order chi connectivity index (χ0) is 19.9. The molecular formula is C21H22N2O4S. The van der Waals surface area contributed by atoms with Gasteiger partial charge in [0.15, 0.2) is 5.78 Å². The molecule has 0 radical (unpaired) electrons. The van der Waals surface area contributed by atoms with E-state index < -0.39 is 16.1 Å². The van der Waals surface area contributed by atoms with Gasteiger partial charge in [0.25, 0.3) is 10.0 Å². The van der Waals surface area contributed by atoms with Crippen molar-refractivity contribution in [2.75, 3.05) is 5.32 Å². The van der Waals surface area contributed by atoms with Gasteiger partial charge in [-0.25, -0.2) is 17.9 Å². The molecule has 2 aromatic carbocycles. The highest BCUT2D eigenvalue weighted by atomic mass is 32.2. The largest absolute Gasteiger partial charge is 0.333 e. The minimum absolute atomic E-state index is 0.112. The number of anilines is 1. The average Bonchev–Trinajstić information content (AvgIpc) is 3.30. The maximum absolute atomic E-state index is 12.6. The smallest absolute Gasteiger partial charge is 0.307 e. The van der Waals surface area contributed by atoms with E-state index in [4.69, 9.17) is 0 Å². The maximum Gasteiger partial charge on any atom is 0.333 e. The van der Waals surface area contributed by atoms with Crippen LogP contribution in [0.1, 0.15) is 52.4 Å². The van der Waals surface area contributed by atoms with E-state index >= 15 is 0 Å². The molecule has 0 spiro atoms. The molecule has 0 heterocycles. The molecule has 0 unspecified atom stereocenters. The van der Waals surface area contributed by atoms with Crippen LogP contribution in [-0.2, 0) is 35.7 Å². The molecule has 0 atom stereocenters. The van der Waals surface area contributed by atoms with Crippen molar-refractivity contribution in [1.82, 2.24) is 4.72 Å². The van der Waals surface area contributed by atoms with Crippen LogP contribution in [0.25, 0.3) is 0 Å². The molecule has 0 aliphatic heterocycles. The van der Waals surface area contributed by atoms with Crippen LogP contribution in [0.4, 0.5) is 10.5 Å². The third-order valence-electron chi connectivity index (χ3n) is 5.49. The fourth-order valence-electron chi connectivity index (χ4n) is 4.17. The number of urea groups is 1. The summed E-state index contributed by atoms with van der Waals surface area (Å²) in [4.78, 5) is 23.9. The Balaban J connectivity index is 1.59. The van der Waals surface area contributed by atoms with Gasteiger partial charge in [-0.15, -0.1) is 0 Å². The first-order valence-electron chi connectivity index (χ1n) is 9.46. The Labute approximate surface area is 164 Å². The van der Waals surface area contributed by atoms with Crippen molar-refractivity contribution in [3.63, 3.8) is 0 Å². The lowest BCUT2D eigenvalue weighted by Gasteiger charge is -2.16. The summed E-state index contributed by atoms with van der Waals surface area (Å²) in [5, 5.41) is 2.81. The molecule has 2 N–H and O–H groups in total. The Morgan fingerprint density at radius 1 is 0.929 bits per heavy atom. The monoisotopic (exact) mass is 398 g/mol. The van der Waals surface area contributed by atoms with Gasteiger partial charge in [0.1, 0.15) is 0 Å². The van der Waals surface area contributed by atoms with Crippen LogP contribution in [-0.4, -0.2) is 20.2 Å². The molecule has 6 nitrogen and oxygen atoms in total. The average molecular weight is 398 g/mol. The molecule has 2 aliphatic rings. The van der Waals surface area contributed by atoms with Gasteiger partial charge in [0.2, 0.25) is 0 Å². The molecule has 7 heteroatoms. The van der Waals surface area contributed by atoms with Gasteiger partial charge in [0.05, 0.1) is 4.90 Å². The lowest BCUT2D eigenvalue weighted by Crippen LogP contribution is -2.35. The quantitative estimate of drug-likeness (QED) is 0.773. The van der Waals surface area contributed by atoms with Crippen LogP contribution in [0, 0.1) is 0 Å². The van der Waals surface area contributed by atoms with Crippen LogP contribution in [0.15, 0.2) is 35.2 Å². The summed E-state index contributed by atoms with van der Waals surface area (Å²) in [5.41, 5.74) is 5.84. The number of sulfonamides is 1. The van der Waals surface area contributed by atoms with Gasteiger partial charge in [-0.05, 0) is 79.8 Å². The number of Topliss-reactive ketones (excluding diaryl/α,β-unsaturated/α-hetero) is 1. The molecular weight excluding hydrogens is 376 g/mol. The molecule has 0 fully saturated rings. The Kier molecular flexibility index (Phi) is 4.71. The van der Waals surface area contributed by atoms with Crippen molar-refractivity contribution < 1.29 is 18.0 Å². The van der Waals surface area contributed by atoms with E-state index in [9.17, 15) is 18.0 Å². The van der Waals surface area contributed by atoms with E-state index in [1.165, 1.54) is 42.3 Å². The molecule has 0 aromatic heterocycles. The standard InChI is InChI=1S/C21H22N2O4S/c1-13(24)14-5-2-8-17(12-14)28(26,27)23-21(25)22-20-18-9-3-6-15(18)11-16-7-4-10-19(16)20/h2,5,8,11-12H,3-4,6-7,9-10H2,1H3,(H2,22,23,25). The van der Waals surface area contributed by atoms with E-state index in [2.05, 4.69) is 16.1 Å². The first kappa shape index (κ1) is 18.7. The van der Waals surface area contributed by atoms with E-state index in [1.54, 1.807) is 0 Å². The fraction of sp³-hybridized carbons (Fsp3) is 0.333. The number of hydrogen-bond donors (Lipinski definition) is 2. The molecule has 4 rings (SSSR count). The first-order chi connectivity index (χ1) is 13.3. The van der Waals surface area contributed by atoms with E-state index in [-0.39, 0.29) is 16.2 Å². The Morgan fingerprint density at radius 3 is 2.18 bits per heavy atom. The molecule has 28 heavy (non-hydrogen) atoms. The summed E-state index contributed by atoms with van der Waals surface area (Å²) < 4.78 is 27.3. The number of amides is 2. The zero-order valence-electron chi connectivity index (χ0n) is 15.7. The van der Waals surface area contributed by atoms with Gasteiger partial charge in [-0.3, -0.25) is 4.79 Å². The molecule has 2 aromatic rings. The number of ketones is 1. The van der Waals surface area contributed by atoms with E-state index in [0.29, 0.717) is 0 Å². The molecule has 146 valence electrons. The Bertz CT molecular complexity index is 1060. The molecule has 0 saturated carbocycles. The highest BCUT2D eigenvalue weighted by molar-refractivity contribution is 7.90. The van der Waals surface area contributed by atoms with Gasteiger partial charge in [-0.2, -0.15) is 0 Å². The third kappa shape index (κ3) is 3.42. The van der Waals surface area contributed by atoms with Gasteiger partial charge < -0.3 is 5.32 Å². The van der Waals surface area contributed by atoms with Crippen molar-refractivity contribution in [2.24, 2.45) is 0 Å². The minimum atomic E-state index is -4.08. The van der Waals surface area contributed by atoms with Crippen molar-refractivity contribution >= 4 is 27.5 Å². The van der Waals surface area contributed by atoms with Gasteiger partial charge in [0, 0.05) is 11.3 Å². The van der Waals surface area contributed by atoms with Crippen molar-refractivity contribution in [3.05, 3.63) is 58.1 Å². The predicted octanol–water partition coefficient (Wildman–Crippen LogP) is 3.38. The maximum atomic E-state index is 12.6. The molecule has 2 amide bonds. The molecule has 0 bridgehead atoms. The van der Waals surface area contributed by atoms with E-state index in [0.717, 1.165) is 55.3 Å². The van der Waals surface area contributed by atoms with Gasteiger partial charge in [-0.1, -0.05) is 18.2 Å². The van der Waals surface area contributed by atoms with Crippen molar-refractivity contribution in [2.45, 2.75) is 50.3 Å². The summed E-state index contributed by atoms with van der Waals surface area (Å²) in [6.07, 6.45) is 5.87. The second-order valence-corrected chi connectivity index (χ2v) is 9.06. The van der Waals surface area contributed by atoms with Crippen molar-refractivity contribution in [1.29, 1.82) is 0 Å². The second-order valence-electron chi connectivity index (χ2n) is 7.38. The van der Waals surface area contributed by atoms with E-state index in [1.807, 2.05) is 0 Å². The summed E-state index contributed by atoms with van der Waals surface area (Å²) in [7, 11) is -4.08. The lowest BCUT2D eigenvalue weighted by molar-refractivity contribution is 0.101. The lowest BCUT2D eigenvalue weighted by atomic mass is 9.99. The number of aryl methyl sites for hydroxylation is 2. The number of nitrogens with one attached hydrogen (secondary N) is 2. The number of benzene rings is 2. The number of rotatable bonds is 4. The fourth-order valence-corrected chi connectivity index (χ4v) is 5.12.